The lowest BCUT2D eigenvalue weighted by molar-refractivity contribution is -0.132. The molecule has 0 N–H and O–H groups in total. The third-order valence-electron chi connectivity index (χ3n) is 3.83. The minimum absolute atomic E-state index is 0.170. The van der Waals surface area contributed by atoms with Crippen LogP contribution in [0.25, 0.3) is 6.08 Å². The van der Waals surface area contributed by atoms with Crippen LogP contribution in [0.15, 0.2) is 47.4 Å². The van der Waals surface area contributed by atoms with Gasteiger partial charge in [-0.25, -0.2) is 0 Å². The van der Waals surface area contributed by atoms with E-state index in [9.17, 15) is 9.59 Å². The Morgan fingerprint density at radius 2 is 1.85 bits per heavy atom. The largest absolute Gasteiger partial charge is 0.493 e. The molecule has 1 aliphatic rings. The van der Waals surface area contributed by atoms with E-state index in [1.54, 1.807) is 24.3 Å². The molecule has 2 aromatic carbocycles. The summed E-state index contributed by atoms with van der Waals surface area (Å²) in [6, 6.07) is 12.7. The molecule has 0 aromatic heterocycles. The van der Waals surface area contributed by atoms with E-state index in [1.165, 1.54) is 30.7 Å². The average molecular weight is 399 g/mol. The van der Waals surface area contributed by atoms with Gasteiger partial charge in [-0.05, 0) is 42.8 Å². The number of hydrogen-bond acceptors (Lipinski definition) is 6. The Balaban J connectivity index is 1.89. The molecule has 1 heterocycles. The van der Waals surface area contributed by atoms with Gasteiger partial charge >= 0.3 is 5.97 Å². The first-order valence-electron chi connectivity index (χ1n) is 8.10. The maximum atomic E-state index is 12.8. The number of thioether (sulfide) groups is 1. The highest BCUT2D eigenvalue weighted by molar-refractivity contribution is 8.27. The van der Waals surface area contributed by atoms with Crippen LogP contribution in [0.4, 0.5) is 5.69 Å². The van der Waals surface area contributed by atoms with Crippen molar-refractivity contribution in [2.24, 2.45) is 0 Å². The lowest BCUT2D eigenvalue weighted by atomic mass is 10.1. The molecule has 5 nitrogen and oxygen atoms in total. The Kier molecular flexibility index (Phi) is 5.62. The molecule has 0 saturated carbocycles. The van der Waals surface area contributed by atoms with Crippen molar-refractivity contribution in [3.05, 3.63) is 58.5 Å². The van der Waals surface area contributed by atoms with Crippen molar-refractivity contribution < 1.29 is 19.1 Å². The van der Waals surface area contributed by atoms with E-state index in [0.29, 0.717) is 20.7 Å². The van der Waals surface area contributed by atoms with Crippen molar-refractivity contribution in [2.75, 3.05) is 12.0 Å². The Morgan fingerprint density at radius 3 is 2.48 bits per heavy atom. The Bertz CT molecular complexity index is 951. The summed E-state index contributed by atoms with van der Waals surface area (Å²) in [7, 11) is 1.49. The van der Waals surface area contributed by atoms with E-state index in [0.717, 1.165) is 16.8 Å². The number of amides is 1. The summed E-state index contributed by atoms with van der Waals surface area (Å²) in [6.07, 6.45) is 1.74. The number of carbonyl (C=O) groups excluding carboxylic acids is 2. The van der Waals surface area contributed by atoms with Crippen molar-refractivity contribution in [3.8, 4) is 11.5 Å². The maximum absolute atomic E-state index is 12.8. The van der Waals surface area contributed by atoms with E-state index >= 15 is 0 Å². The Labute approximate surface area is 167 Å². The lowest BCUT2D eigenvalue weighted by Gasteiger charge is -2.14. The Hall–Kier alpha value is -2.64. The Morgan fingerprint density at radius 1 is 1.15 bits per heavy atom. The molecule has 138 valence electrons. The molecule has 3 rings (SSSR count). The van der Waals surface area contributed by atoms with Gasteiger partial charge in [0, 0.05) is 6.92 Å². The van der Waals surface area contributed by atoms with Crippen LogP contribution in [0.2, 0.25) is 0 Å². The predicted molar refractivity (Wildman–Crippen MR) is 111 cm³/mol. The molecule has 27 heavy (non-hydrogen) atoms. The minimum atomic E-state index is -0.431. The summed E-state index contributed by atoms with van der Waals surface area (Å²) >= 11 is 6.63. The molecule has 0 radical (unpaired) electrons. The van der Waals surface area contributed by atoms with E-state index in [4.69, 9.17) is 21.7 Å². The van der Waals surface area contributed by atoms with E-state index in [-0.39, 0.29) is 5.91 Å². The molecule has 1 saturated heterocycles. The van der Waals surface area contributed by atoms with Crippen LogP contribution >= 0.6 is 24.0 Å². The van der Waals surface area contributed by atoms with Gasteiger partial charge in [0.2, 0.25) is 0 Å². The molecule has 0 unspecified atom stereocenters. The number of carbonyl (C=O) groups is 2. The molecule has 1 amide bonds. The third-order valence-corrected chi connectivity index (χ3v) is 5.13. The number of ether oxygens (including phenoxy) is 2. The van der Waals surface area contributed by atoms with Gasteiger partial charge in [0.15, 0.2) is 15.8 Å². The molecular formula is C20H17NO4S2. The summed E-state index contributed by atoms with van der Waals surface area (Å²) < 4.78 is 10.8. The number of aryl methyl sites for hydroxylation is 1. The third kappa shape index (κ3) is 4.20. The average Bonchev–Trinajstić information content (AvgIpc) is 2.90. The summed E-state index contributed by atoms with van der Waals surface area (Å²) in [5, 5.41) is 0. The fourth-order valence-electron chi connectivity index (χ4n) is 2.55. The summed E-state index contributed by atoms with van der Waals surface area (Å²) in [6.45, 7) is 3.31. The summed E-state index contributed by atoms with van der Waals surface area (Å²) in [5.74, 6) is 0.138. The normalized spacial score (nSPS) is 15.4. The van der Waals surface area contributed by atoms with Crippen LogP contribution in [-0.2, 0) is 9.59 Å². The molecule has 7 heteroatoms. The van der Waals surface area contributed by atoms with Crippen LogP contribution in [0.5, 0.6) is 11.5 Å². The van der Waals surface area contributed by atoms with Crippen molar-refractivity contribution in [2.45, 2.75) is 13.8 Å². The molecule has 0 bridgehead atoms. The molecule has 2 aromatic rings. The van der Waals surface area contributed by atoms with Crippen molar-refractivity contribution in [1.82, 2.24) is 0 Å². The standard InChI is InChI=1S/C20H17NO4S2/c1-12-4-7-15(8-5-12)21-19(23)18(27-20(21)26)11-14-6-9-16(25-13(2)22)17(10-14)24-3/h4-11H,1-3H3/b18-11+. The summed E-state index contributed by atoms with van der Waals surface area (Å²) in [4.78, 5) is 26.0. The van der Waals surface area contributed by atoms with Gasteiger partial charge in [-0.15, -0.1) is 0 Å². The highest BCUT2D eigenvalue weighted by atomic mass is 32.2. The molecular weight excluding hydrogens is 382 g/mol. The zero-order chi connectivity index (χ0) is 19.6. The number of nitrogens with zero attached hydrogens (tertiary/aromatic N) is 1. The number of methoxy groups -OCH3 is 1. The van der Waals surface area contributed by atoms with Crippen LogP contribution in [0.1, 0.15) is 18.1 Å². The fraction of sp³-hybridized carbons (Fsp3) is 0.150. The van der Waals surface area contributed by atoms with Crippen LogP contribution in [0.3, 0.4) is 0 Å². The lowest BCUT2D eigenvalue weighted by Crippen LogP contribution is -2.27. The number of thiocarbonyl (C=S) groups is 1. The second-order valence-electron chi connectivity index (χ2n) is 5.86. The number of anilines is 1. The van der Waals surface area contributed by atoms with Gasteiger partial charge in [-0.1, -0.05) is 47.7 Å². The molecule has 0 spiro atoms. The number of benzene rings is 2. The van der Waals surface area contributed by atoms with Gasteiger partial charge in [0.25, 0.3) is 5.91 Å². The topological polar surface area (TPSA) is 55.8 Å². The zero-order valence-corrected chi connectivity index (χ0v) is 16.6. The number of hydrogen-bond donors (Lipinski definition) is 0. The predicted octanol–water partition coefficient (Wildman–Crippen LogP) is 4.33. The van der Waals surface area contributed by atoms with Crippen LogP contribution in [0, 0.1) is 6.92 Å². The fourth-order valence-corrected chi connectivity index (χ4v) is 3.85. The molecule has 0 atom stereocenters. The monoisotopic (exact) mass is 399 g/mol. The van der Waals surface area contributed by atoms with E-state index < -0.39 is 5.97 Å². The highest BCUT2D eigenvalue weighted by Crippen LogP contribution is 2.37. The van der Waals surface area contributed by atoms with Crippen molar-refractivity contribution in [3.63, 3.8) is 0 Å². The van der Waals surface area contributed by atoms with Crippen molar-refractivity contribution in [1.29, 1.82) is 0 Å². The van der Waals surface area contributed by atoms with Gasteiger partial charge in [-0.3, -0.25) is 14.5 Å². The summed E-state index contributed by atoms with van der Waals surface area (Å²) in [5.41, 5.74) is 2.60. The smallest absolute Gasteiger partial charge is 0.308 e. The number of rotatable bonds is 4. The molecule has 1 fully saturated rings. The van der Waals surface area contributed by atoms with Gasteiger partial charge in [-0.2, -0.15) is 0 Å². The molecule has 0 aliphatic carbocycles. The second kappa shape index (κ2) is 7.94. The first-order chi connectivity index (χ1) is 12.9. The van der Waals surface area contributed by atoms with Gasteiger partial charge in [0.05, 0.1) is 17.7 Å². The van der Waals surface area contributed by atoms with Gasteiger partial charge < -0.3 is 9.47 Å². The first kappa shape index (κ1) is 19.1. The van der Waals surface area contributed by atoms with Crippen molar-refractivity contribution >= 4 is 51.9 Å². The van der Waals surface area contributed by atoms with E-state index in [1.807, 2.05) is 31.2 Å². The first-order valence-corrected chi connectivity index (χ1v) is 9.32. The number of esters is 1. The van der Waals surface area contributed by atoms with E-state index in [2.05, 4.69) is 0 Å². The maximum Gasteiger partial charge on any atom is 0.308 e. The zero-order valence-electron chi connectivity index (χ0n) is 15.0. The molecule has 1 aliphatic heterocycles. The highest BCUT2D eigenvalue weighted by Gasteiger charge is 2.33. The second-order valence-corrected chi connectivity index (χ2v) is 7.53. The van der Waals surface area contributed by atoms with Crippen LogP contribution < -0.4 is 14.4 Å². The van der Waals surface area contributed by atoms with Crippen LogP contribution in [-0.4, -0.2) is 23.3 Å². The SMILES string of the molecule is COc1cc(/C=C2/SC(=S)N(c3ccc(C)cc3)C2=O)ccc1OC(C)=O. The quantitative estimate of drug-likeness (QED) is 0.330. The minimum Gasteiger partial charge on any atom is -0.493 e. The van der Waals surface area contributed by atoms with Gasteiger partial charge in [0.1, 0.15) is 0 Å².